The molecular formula is CF5NSe. The van der Waals surface area contributed by atoms with Crippen molar-refractivity contribution in [2.75, 3.05) is 0 Å². The molecule has 0 spiro atoms. The molecule has 0 unspecified atom stereocenters. The van der Waals surface area contributed by atoms with Gasteiger partial charge in [-0.2, -0.15) is 0 Å². The standard InChI is InChI=1S/CF5NSe/c2-1(3,4)7-8(5)6. The Hall–Kier alpha value is -0.0305. The van der Waals surface area contributed by atoms with Crippen LogP contribution in [0.2, 0.25) is 0 Å². The molecule has 0 aliphatic carbocycles. The summed E-state index contributed by atoms with van der Waals surface area (Å²) in [6.45, 7) is 0. The van der Waals surface area contributed by atoms with Crippen molar-refractivity contribution in [3.63, 3.8) is 0 Å². The Balaban J connectivity index is 3.89. The summed E-state index contributed by atoms with van der Waals surface area (Å²) in [4.78, 5) is 0. The molecule has 0 saturated carbocycles. The van der Waals surface area contributed by atoms with E-state index in [4.69, 9.17) is 0 Å². The zero-order valence-electron chi connectivity index (χ0n) is 3.25. The third-order valence-corrected chi connectivity index (χ3v) is 0.896. The molecule has 0 amide bonds. The molecule has 7 heteroatoms. The third kappa shape index (κ3) is 5.97. The number of rotatable bonds is 0. The van der Waals surface area contributed by atoms with Crippen LogP contribution in [-0.2, 0) is 0 Å². The predicted molar refractivity (Wildman–Crippen MR) is 16.5 cm³/mol. The van der Waals surface area contributed by atoms with E-state index in [0.29, 0.717) is 0 Å². The molecule has 0 bridgehead atoms. The molecule has 50 valence electrons. The van der Waals surface area contributed by atoms with Crippen LogP contribution in [0.15, 0.2) is 3.96 Å². The summed E-state index contributed by atoms with van der Waals surface area (Å²) < 4.78 is 54.8. The number of nitrogens with zero attached hydrogens (tertiary/aromatic N) is 1. The van der Waals surface area contributed by atoms with E-state index < -0.39 is 20.9 Å². The molecule has 0 aromatic rings. The van der Waals surface area contributed by atoms with E-state index in [2.05, 4.69) is 0 Å². The van der Waals surface area contributed by atoms with Crippen LogP contribution in [0.3, 0.4) is 0 Å². The van der Waals surface area contributed by atoms with Gasteiger partial charge in [0, 0.05) is 0 Å². The fraction of sp³-hybridized carbons (Fsp3) is 1.00. The molecule has 1 nitrogen and oxygen atoms in total. The van der Waals surface area contributed by atoms with Gasteiger partial charge in [-0.3, -0.25) is 0 Å². The fourth-order valence-electron chi connectivity index (χ4n) is 0.0782. The van der Waals surface area contributed by atoms with Gasteiger partial charge in [-0.25, -0.2) is 0 Å². The second-order valence-electron chi connectivity index (χ2n) is 0.755. The quantitative estimate of drug-likeness (QED) is 0.320. The summed E-state index contributed by atoms with van der Waals surface area (Å²) in [6.07, 6.45) is -5.05. The van der Waals surface area contributed by atoms with Crippen molar-refractivity contribution >= 4 is 14.6 Å². The molecule has 8 heavy (non-hydrogen) atoms. The van der Waals surface area contributed by atoms with E-state index >= 15 is 0 Å². The van der Waals surface area contributed by atoms with Crippen LogP contribution in [0.25, 0.3) is 0 Å². The summed E-state index contributed by atoms with van der Waals surface area (Å²) >= 11 is -4.68. The Bertz CT molecular complexity index is 99.5. The van der Waals surface area contributed by atoms with Crippen molar-refractivity contribution < 1.29 is 20.3 Å². The molecule has 0 heterocycles. The number of hydrogen-bond acceptors (Lipinski definition) is 1. The molecule has 0 aromatic heterocycles. The van der Waals surface area contributed by atoms with Crippen LogP contribution in [0.4, 0.5) is 20.3 Å². The molecule has 0 rings (SSSR count). The van der Waals surface area contributed by atoms with E-state index in [1.165, 1.54) is 3.96 Å². The first kappa shape index (κ1) is 7.97. The Morgan fingerprint density at radius 3 is 1.50 bits per heavy atom. The van der Waals surface area contributed by atoms with Crippen LogP contribution in [-0.4, -0.2) is 20.9 Å². The summed E-state index contributed by atoms with van der Waals surface area (Å²) in [5.74, 6) is 0. The normalized spacial score (nSPS) is 12.2. The average Bonchev–Trinajstić information content (AvgIpc) is 1.21. The van der Waals surface area contributed by atoms with E-state index in [1.54, 1.807) is 0 Å². The van der Waals surface area contributed by atoms with Gasteiger partial charge in [0.05, 0.1) is 0 Å². The first-order valence-electron chi connectivity index (χ1n) is 1.28. The van der Waals surface area contributed by atoms with Crippen molar-refractivity contribution in [2.24, 2.45) is 3.96 Å². The molecule has 0 aromatic carbocycles. The maximum atomic E-state index is 10.8. The molecule has 0 saturated heterocycles. The first-order valence-corrected chi connectivity index (χ1v) is 3.34. The second-order valence-corrected chi connectivity index (χ2v) is 1.96. The summed E-state index contributed by atoms with van der Waals surface area (Å²) in [7, 11) is 0. The van der Waals surface area contributed by atoms with Gasteiger partial charge < -0.3 is 0 Å². The van der Waals surface area contributed by atoms with Gasteiger partial charge in [0.25, 0.3) is 0 Å². The van der Waals surface area contributed by atoms with Crippen molar-refractivity contribution in [2.45, 2.75) is 6.30 Å². The van der Waals surface area contributed by atoms with Gasteiger partial charge in [0.15, 0.2) is 0 Å². The van der Waals surface area contributed by atoms with E-state index in [9.17, 15) is 20.3 Å². The Morgan fingerprint density at radius 1 is 1.12 bits per heavy atom. The van der Waals surface area contributed by atoms with E-state index in [1.807, 2.05) is 0 Å². The van der Waals surface area contributed by atoms with E-state index in [-0.39, 0.29) is 0 Å². The molecule has 0 N–H and O–H groups in total. The predicted octanol–water partition coefficient (Wildman–Crippen LogP) is 1.70. The SMILES string of the molecule is F[Se](F)=NC(F)(F)F. The van der Waals surface area contributed by atoms with Crippen molar-refractivity contribution in [1.29, 1.82) is 0 Å². The van der Waals surface area contributed by atoms with Crippen molar-refractivity contribution in [3.05, 3.63) is 0 Å². The Labute approximate surface area is 46.1 Å². The first-order chi connectivity index (χ1) is 3.42. The molecular weight excluding hydrogens is 200 g/mol. The Kier molecular flexibility index (Phi) is 2.49. The molecule has 0 atom stereocenters. The van der Waals surface area contributed by atoms with E-state index in [0.717, 1.165) is 0 Å². The minimum absolute atomic E-state index is 1.20. The number of hydrogen-bond donors (Lipinski definition) is 0. The minimum atomic E-state index is -5.05. The number of alkyl halides is 3. The van der Waals surface area contributed by atoms with Crippen LogP contribution in [0, 0.1) is 0 Å². The maximum absolute atomic E-state index is 10.8. The summed E-state index contributed by atoms with van der Waals surface area (Å²) in [5.41, 5.74) is 0. The topological polar surface area (TPSA) is 12.4 Å². The zero-order valence-corrected chi connectivity index (χ0v) is 4.96. The van der Waals surface area contributed by atoms with Crippen molar-refractivity contribution in [3.8, 4) is 0 Å². The average molecular weight is 200 g/mol. The number of halogens is 5. The van der Waals surface area contributed by atoms with Gasteiger partial charge in [0.2, 0.25) is 0 Å². The van der Waals surface area contributed by atoms with Gasteiger partial charge >= 0.3 is 45.2 Å². The van der Waals surface area contributed by atoms with Gasteiger partial charge in [-0.1, -0.05) is 0 Å². The van der Waals surface area contributed by atoms with Gasteiger partial charge in [0.1, 0.15) is 0 Å². The fourth-order valence-corrected chi connectivity index (χ4v) is 0.407. The summed E-state index contributed by atoms with van der Waals surface area (Å²) in [6, 6.07) is 0. The zero-order chi connectivity index (χ0) is 6.78. The van der Waals surface area contributed by atoms with Crippen LogP contribution < -0.4 is 0 Å². The second kappa shape index (κ2) is 2.50. The monoisotopic (exact) mass is 201 g/mol. The molecule has 0 aliphatic rings. The van der Waals surface area contributed by atoms with Gasteiger partial charge in [-0.15, -0.1) is 0 Å². The van der Waals surface area contributed by atoms with Crippen LogP contribution in [0.1, 0.15) is 0 Å². The molecule has 0 aliphatic heterocycles. The third-order valence-electron chi connectivity index (χ3n) is 0.173. The Morgan fingerprint density at radius 2 is 1.50 bits per heavy atom. The van der Waals surface area contributed by atoms with Crippen LogP contribution in [0.5, 0.6) is 0 Å². The molecule has 0 radical (unpaired) electrons. The van der Waals surface area contributed by atoms with Crippen molar-refractivity contribution in [1.82, 2.24) is 0 Å². The summed E-state index contributed by atoms with van der Waals surface area (Å²) in [5, 5.41) is 0. The molecule has 0 fully saturated rings. The van der Waals surface area contributed by atoms with Crippen LogP contribution >= 0.6 is 0 Å². The van der Waals surface area contributed by atoms with Gasteiger partial charge in [-0.05, 0) is 0 Å².